The average molecular weight is 296 g/mol. The summed E-state index contributed by atoms with van der Waals surface area (Å²) in [7, 11) is 0. The van der Waals surface area contributed by atoms with Crippen molar-refractivity contribution in [1.82, 2.24) is 15.1 Å². The highest BCUT2D eigenvalue weighted by atomic mass is 35.5. The third-order valence-electron chi connectivity index (χ3n) is 3.36. The standard InChI is InChI=1S/C15H22ClN3O/c1-5-7-17-14(12-6-8-20-11(12)4)15-13(16)9-18-19(15)10(2)3/h6,8-10,14,17H,5,7H2,1-4H3. The maximum absolute atomic E-state index is 6.38. The molecule has 20 heavy (non-hydrogen) atoms. The molecule has 2 rings (SSSR count). The van der Waals surface area contributed by atoms with E-state index in [-0.39, 0.29) is 12.1 Å². The summed E-state index contributed by atoms with van der Waals surface area (Å²) < 4.78 is 7.43. The maximum Gasteiger partial charge on any atom is 0.105 e. The highest BCUT2D eigenvalue weighted by molar-refractivity contribution is 6.31. The normalized spacial score (nSPS) is 13.1. The largest absolute Gasteiger partial charge is 0.469 e. The summed E-state index contributed by atoms with van der Waals surface area (Å²) in [4.78, 5) is 0. The number of nitrogens with zero attached hydrogens (tertiary/aromatic N) is 2. The number of hydrogen-bond donors (Lipinski definition) is 1. The van der Waals surface area contributed by atoms with Crippen molar-refractivity contribution in [3.05, 3.63) is 40.6 Å². The van der Waals surface area contributed by atoms with Gasteiger partial charge < -0.3 is 9.73 Å². The second kappa shape index (κ2) is 6.46. The molecule has 0 aromatic carbocycles. The van der Waals surface area contributed by atoms with Crippen molar-refractivity contribution in [2.75, 3.05) is 6.54 Å². The van der Waals surface area contributed by atoms with Crippen molar-refractivity contribution >= 4 is 11.6 Å². The van der Waals surface area contributed by atoms with Crippen molar-refractivity contribution in [2.24, 2.45) is 0 Å². The van der Waals surface area contributed by atoms with Gasteiger partial charge in [0.15, 0.2) is 0 Å². The minimum absolute atomic E-state index is 0.00565. The van der Waals surface area contributed by atoms with Crippen LogP contribution in [0, 0.1) is 6.92 Å². The molecule has 4 nitrogen and oxygen atoms in total. The number of rotatable bonds is 6. The molecule has 1 atom stereocenters. The number of halogens is 1. The van der Waals surface area contributed by atoms with E-state index in [1.54, 1.807) is 12.5 Å². The molecule has 0 saturated heterocycles. The molecule has 0 fully saturated rings. The van der Waals surface area contributed by atoms with Crippen molar-refractivity contribution in [1.29, 1.82) is 0 Å². The molecule has 5 heteroatoms. The Kier molecular flexibility index (Phi) is 4.89. The Balaban J connectivity index is 2.46. The topological polar surface area (TPSA) is 43.0 Å². The van der Waals surface area contributed by atoms with Gasteiger partial charge in [0.25, 0.3) is 0 Å². The molecule has 0 aliphatic rings. The van der Waals surface area contributed by atoms with E-state index >= 15 is 0 Å². The molecule has 2 aromatic heterocycles. The van der Waals surface area contributed by atoms with E-state index in [0.717, 1.165) is 30.0 Å². The number of nitrogens with one attached hydrogen (secondary N) is 1. The summed E-state index contributed by atoms with van der Waals surface area (Å²) in [5, 5.41) is 8.63. The van der Waals surface area contributed by atoms with Gasteiger partial charge in [-0.25, -0.2) is 0 Å². The summed E-state index contributed by atoms with van der Waals surface area (Å²) in [5.74, 6) is 0.908. The molecular formula is C15H22ClN3O. The SMILES string of the molecule is CCCNC(c1ccoc1C)c1c(Cl)cnn1C(C)C. The van der Waals surface area contributed by atoms with E-state index < -0.39 is 0 Å². The van der Waals surface area contributed by atoms with Gasteiger partial charge in [0.2, 0.25) is 0 Å². The Morgan fingerprint density at radius 1 is 1.45 bits per heavy atom. The predicted octanol–water partition coefficient (Wildman–Crippen LogP) is 4.11. The number of furan rings is 1. The van der Waals surface area contributed by atoms with Gasteiger partial charge in [-0.3, -0.25) is 4.68 Å². The van der Waals surface area contributed by atoms with E-state index in [4.69, 9.17) is 16.0 Å². The summed E-state index contributed by atoms with van der Waals surface area (Å²) in [5.41, 5.74) is 2.11. The average Bonchev–Trinajstić information content (AvgIpc) is 2.98. The zero-order chi connectivity index (χ0) is 14.7. The molecule has 1 N–H and O–H groups in total. The van der Waals surface area contributed by atoms with Gasteiger partial charge >= 0.3 is 0 Å². The smallest absolute Gasteiger partial charge is 0.105 e. The zero-order valence-corrected chi connectivity index (χ0v) is 13.2. The first-order valence-electron chi connectivity index (χ1n) is 7.06. The molecule has 0 radical (unpaired) electrons. The molecule has 0 spiro atoms. The second-order valence-corrected chi connectivity index (χ2v) is 5.64. The first-order chi connectivity index (χ1) is 9.56. The summed E-state index contributed by atoms with van der Waals surface area (Å²) >= 11 is 6.38. The Morgan fingerprint density at radius 2 is 2.20 bits per heavy atom. The summed E-state index contributed by atoms with van der Waals surface area (Å²) in [6.45, 7) is 9.24. The van der Waals surface area contributed by atoms with E-state index in [0.29, 0.717) is 5.02 Å². The van der Waals surface area contributed by atoms with Crippen LogP contribution in [0.2, 0.25) is 5.02 Å². The van der Waals surface area contributed by atoms with Gasteiger partial charge in [0.1, 0.15) is 5.76 Å². The summed E-state index contributed by atoms with van der Waals surface area (Å²) in [6.07, 6.45) is 4.49. The number of aryl methyl sites for hydroxylation is 1. The van der Waals surface area contributed by atoms with Crippen molar-refractivity contribution in [3.63, 3.8) is 0 Å². The third kappa shape index (κ3) is 2.91. The third-order valence-corrected chi connectivity index (χ3v) is 3.65. The molecule has 1 unspecified atom stereocenters. The lowest BCUT2D eigenvalue weighted by Gasteiger charge is -2.22. The Morgan fingerprint density at radius 3 is 2.75 bits per heavy atom. The van der Waals surface area contributed by atoms with Gasteiger partial charge in [0, 0.05) is 11.6 Å². The minimum Gasteiger partial charge on any atom is -0.469 e. The van der Waals surface area contributed by atoms with Crippen LogP contribution in [0.5, 0.6) is 0 Å². The van der Waals surface area contributed by atoms with Crippen LogP contribution >= 0.6 is 11.6 Å². The molecule has 0 aliphatic carbocycles. The van der Waals surface area contributed by atoms with E-state index in [1.165, 1.54) is 0 Å². The quantitative estimate of drug-likeness (QED) is 0.872. The fourth-order valence-corrected chi connectivity index (χ4v) is 2.61. The Bertz CT molecular complexity index is 559. The molecule has 0 bridgehead atoms. The number of hydrogen-bond acceptors (Lipinski definition) is 3. The Hall–Kier alpha value is -1.26. The van der Waals surface area contributed by atoms with Gasteiger partial charge in [-0.15, -0.1) is 0 Å². The zero-order valence-electron chi connectivity index (χ0n) is 12.5. The van der Waals surface area contributed by atoms with Crippen LogP contribution in [-0.4, -0.2) is 16.3 Å². The molecule has 2 aromatic rings. The van der Waals surface area contributed by atoms with Crippen LogP contribution in [0.3, 0.4) is 0 Å². The highest BCUT2D eigenvalue weighted by Crippen LogP contribution is 2.32. The molecule has 2 heterocycles. The van der Waals surface area contributed by atoms with Gasteiger partial charge in [0.05, 0.1) is 29.2 Å². The Labute approximate surface area is 125 Å². The highest BCUT2D eigenvalue weighted by Gasteiger charge is 2.25. The van der Waals surface area contributed by atoms with Crippen LogP contribution in [-0.2, 0) is 0 Å². The van der Waals surface area contributed by atoms with E-state index in [1.807, 2.05) is 17.7 Å². The second-order valence-electron chi connectivity index (χ2n) is 5.24. The van der Waals surface area contributed by atoms with Crippen molar-refractivity contribution in [3.8, 4) is 0 Å². The molecule has 0 aliphatic heterocycles. The minimum atomic E-state index is 0.00565. The first kappa shape index (κ1) is 15.1. The van der Waals surface area contributed by atoms with E-state index in [2.05, 4.69) is 31.2 Å². The van der Waals surface area contributed by atoms with Crippen LogP contribution in [0.4, 0.5) is 0 Å². The van der Waals surface area contributed by atoms with Gasteiger partial charge in [-0.05, 0) is 39.8 Å². The van der Waals surface area contributed by atoms with Crippen LogP contribution < -0.4 is 5.32 Å². The van der Waals surface area contributed by atoms with Crippen molar-refractivity contribution < 1.29 is 4.42 Å². The molecular weight excluding hydrogens is 274 g/mol. The first-order valence-corrected chi connectivity index (χ1v) is 7.44. The lowest BCUT2D eigenvalue weighted by atomic mass is 10.0. The summed E-state index contributed by atoms with van der Waals surface area (Å²) in [6, 6.07) is 2.26. The van der Waals surface area contributed by atoms with Gasteiger partial charge in [-0.2, -0.15) is 5.10 Å². The molecule has 0 amide bonds. The van der Waals surface area contributed by atoms with Crippen molar-refractivity contribution in [2.45, 2.75) is 46.2 Å². The molecule has 0 saturated carbocycles. The lowest BCUT2D eigenvalue weighted by Crippen LogP contribution is -2.27. The van der Waals surface area contributed by atoms with Crippen LogP contribution in [0.25, 0.3) is 0 Å². The van der Waals surface area contributed by atoms with Crippen LogP contribution in [0.15, 0.2) is 22.9 Å². The van der Waals surface area contributed by atoms with Crippen LogP contribution in [0.1, 0.15) is 56.3 Å². The van der Waals surface area contributed by atoms with Gasteiger partial charge in [-0.1, -0.05) is 18.5 Å². The number of aromatic nitrogens is 2. The fraction of sp³-hybridized carbons (Fsp3) is 0.533. The maximum atomic E-state index is 6.38. The fourth-order valence-electron chi connectivity index (χ4n) is 2.37. The molecule has 110 valence electrons. The lowest BCUT2D eigenvalue weighted by molar-refractivity contribution is 0.464. The predicted molar refractivity (Wildman–Crippen MR) is 81.2 cm³/mol. The van der Waals surface area contributed by atoms with E-state index in [9.17, 15) is 0 Å². The monoisotopic (exact) mass is 295 g/mol.